The highest BCUT2D eigenvalue weighted by Gasteiger charge is 2.32. The van der Waals surface area contributed by atoms with Crippen molar-refractivity contribution in [1.29, 1.82) is 0 Å². The smallest absolute Gasteiger partial charge is 0.341 e. The zero-order chi connectivity index (χ0) is 19.4. The molecule has 27 heavy (non-hydrogen) atoms. The van der Waals surface area contributed by atoms with E-state index in [1.54, 1.807) is 6.92 Å². The summed E-state index contributed by atoms with van der Waals surface area (Å²) in [4.78, 5) is 40.1. The molecule has 1 saturated carbocycles. The fourth-order valence-corrected chi connectivity index (χ4v) is 3.60. The molecule has 2 heterocycles. The van der Waals surface area contributed by atoms with Crippen LogP contribution in [0, 0.1) is 0 Å². The Bertz CT molecular complexity index is 861. The molecule has 1 aliphatic rings. The maximum atomic E-state index is 12.3. The molecule has 0 bridgehead atoms. The van der Waals surface area contributed by atoms with E-state index in [1.165, 1.54) is 29.7 Å². The Kier molecular flexibility index (Phi) is 6.08. The molecule has 9 heteroatoms. The van der Waals surface area contributed by atoms with Crippen molar-refractivity contribution in [1.82, 2.24) is 4.98 Å². The molecule has 2 aromatic heterocycles. The van der Waals surface area contributed by atoms with Crippen molar-refractivity contribution < 1.29 is 23.9 Å². The summed E-state index contributed by atoms with van der Waals surface area (Å²) in [5, 5.41) is 5.16. The lowest BCUT2D eigenvalue weighted by Gasteiger charge is -2.09. The Morgan fingerprint density at radius 1 is 1.26 bits per heavy atom. The molecular formula is C18H17ClN2O5S. The van der Waals surface area contributed by atoms with Crippen LogP contribution >= 0.6 is 22.9 Å². The lowest BCUT2D eigenvalue weighted by atomic mass is 10.1. The first-order valence-electron chi connectivity index (χ1n) is 8.36. The number of halogens is 1. The van der Waals surface area contributed by atoms with Crippen molar-refractivity contribution in [3.63, 3.8) is 0 Å². The molecule has 1 aliphatic carbocycles. The minimum atomic E-state index is -0.690. The second-order valence-electron chi connectivity index (χ2n) is 5.88. The molecule has 0 radical (unpaired) electrons. The van der Waals surface area contributed by atoms with Crippen molar-refractivity contribution in [2.45, 2.75) is 25.7 Å². The van der Waals surface area contributed by atoms with Gasteiger partial charge in [0.05, 0.1) is 17.7 Å². The number of pyridine rings is 1. The predicted molar refractivity (Wildman–Crippen MR) is 100 cm³/mol. The summed E-state index contributed by atoms with van der Waals surface area (Å²) in [6, 6.07) is 2.91. The number of ether oxygens (including phenoxy) is 2. The molecule has 0 saturated heterocycles. The van der Waals surface area contributed by atoms with Crippen LogP contribution in [-0.2, 0) is 14.3 Å². The molecule has 2 aromatic rings. The van der Waals surface area contributed by atoms with Gasteiger partial charge in [0.15, 0.2) is 6.61 Å². The number of hydrogen-bond acceptors (Lipinski definition) is 7. The van der Waals surface area contributed by atoms with Crippen LogP contribution in [0.1, 0.15) is 52.0 Å². The Hall–Kier alpha value is -2.45. The number of carbonyl (C=O) groups is 3. The number of anilines is 1. The lowest BCUT2D eigenvalue weighted by molar-refractivity contribution is -0.119. The van der Waals surface area contributed by atoms with Crippen LogP contribution in [0.15, 0.2) is 23.7 Å². The summed E-state index contributed by atoms with van der Waals surface area (Å²) in [5.41, 5.74) is 1.48. The van der Waals surface area contributed by atoms with E-state index >= 15 is 0 Å². The van der Waals surface area contributed by atoms with Gasteiger partial charge in [-0.25, -0.2) is 14.6 Å². The third-order valence-corrected chi connectivity index (χ3v) is 5.00. The first-order chi connectivity index (χ1) is 13.0. The number of nitrogens with zero attached hydrogens (tertiary/aromatic N) is 1. The number of aromatic nitrogens is 1. The van der Waals surface area contributed by atoms with Crippen molar-refractivity contribution in [2.24, 2.45) is 0 Å². The molecule has 0 aliphatic heterocycles. The van der Waals surface area contributed by atoms with Gasteiger partial charge in [-0.2, -0.15) is 0 Å². The number of hydrogen-bond donors (Lipinski definition) is 1. The number of esters is 2. The largest absolute Gasteiger partial charge is 0.462 e. The minimum Gasteiger partial charge on any atom is -0.462 e. The highest BCUT2D eigenvalue weighted by atomic mass is 35.5. The molecular weight excluding hydrogens is 392 g/mol. The molecule has 142 valence electrons. The summed E-state index contributed by atoms with van der Waals surface area (Å²) < 4.78 is 10.1. The van der Waals surface area contributed by atoms with Crippen LogP contribution in [0.2, 0.25) is 5.15 Å². The molecule has 0 aromatic carbocycles. The number of nitrogens with one attached hydrogen (secondary N) is 1. The van der Waals surface area contributed by atoms with Crippen LogP contribution in [0.25, 0.3) is 0 Å². The maximum Gasteiger partial charge on any atom is 0.341 e. The zero-order valence-corrected chi connectivity index (χ0v) is 16.1. The zero-order valence-electron chi connectivity index (χ0n) is 14.5. The molecule has 3 rings (SSSR count). The van der Waals surface area contributed by atoms with E-state index in [0.29, 0.717) is 16.5 Å². The predicted octanol–water partition coefficient (Wildman–Crippen LogP) is 3.65. The van der Waals surface area contributed by atoms with Crippen LogP contribution in [-0.4, -0.2) is 36.0 Å². The monoisotopic (exact) mass is 408 g/mol. The molecule has 0 spiro atoms. The van der Waals surface area contributed by atoms with Gasteiger partial charge in [0.2, 0.25) is 0 Å². The van der Waals surface area contributed by atoms with Gasteiger partial charge in [-0.05, 0) is 48.8 Å². The van der Waals surface area contributed by atoms with Gasteiger partial charge in [0.1, 0.15) is 10.2 Å². The van der Waals surface area contributed by atoms with E-state index in [9.17, 15) is 14.4 Å². The van der Waals surface area contributed by atoms with Crippen LogP contribution in [0.4, 0.5) is 5.00 Å². The van der Waals surface area contributed by atoms with Crippen molar-refractivity contribution in [2.75, 3.05) is 18.5 Å². The van der Waals surface area contributed by atoms with E-state index in [-0.39, 0.29) is 17.3 Å². The average molecular weight is 409 g/mol. The van der Waals surface area contributed by atoms with Gasteiger partial charge in [-0.15, -0.1) is 11.3 Å². The molecule has 1 amide bonds. The van der Waals surface area contributed by atoms with E-state index in [4.69, 9.17) is 21.1 Å². The van der Waals surface area contributed by atoms with Gasteiger partial charge < -0.3 is 14.8 Å². The summed E-state index contributed by atoms with van der Waals surface area (Å²) in [6.45, 7) is 1.49. The van der Waals surface area contributed by atoms with E-state index in [0.717, 1.165) is 18.4 Å². The lowest BCUT2D eigenvalue weighted by Crippen LogP contribution is -2.22. The van der Waals surface area contributed by atoms with Gasteiger partial charge >= 0.3 is 11.9 Å². The average Bonchev–Trinajstić information content (AvgIpc) is 3.41. The van der Waals surface area contributed by atoms with Crippen molar-refractivity contribution >= 4 is 45.8 Å². The highest BCUT2D eigenvalue weighted by molar-refractivity contribution is 7.15. The number of thiophene rings is 1. The minimum absolute atomic E-state index is 0.187. The third kappa shape index (κ3) is 4.84. The van der Waals surface area contributed by atoms with Crippen molar-refractivity contribution in [3.8, 4) is 0 Å². The SMILES string of the molecule is CCOC(=O)c1c(C2CC2)csc1NC(=O)COC(=O)c1ccc(Cl)nc1. The summed E-state index contributed by atoms with van der Waals surface area (Å²) >= 11 is 6.92. The molecule has 7 nitrogen and oxygen atoms in total. The van der Waals surface area contributed by atoms with E-state index < -0.39 is 24.5 Å². The van der Waals surface area contributed by atoms with Crippen molar-refractivity contribution in [3.05, 3.63) is 45.6 Å². The second-order valence-corrected chi connectivity index (χ2v) is 7.15. The first-order valence-corrected chi connectivity index (χ1v) is 9.62. The fraction of sp³-hybridized carbons (Fsp3) is 0.333. The van der Waals surface area contributed by atoms with Crippen LogP contribution < -0.4 is 5.32 Å². The summed E-state index contributed by atoms with van der Waals surface area (Å²) in [6.07, 6.45) is 3.30. The number of rotatable bonds is 7. The summed E-state index contributed by atoms with van der Waals surface area (Å²) in [7, 11) is 0. The van der Waals surface area contributed by atoms with Gasteiger partial charge in [0.25, 0.3) is 5.91 Å². The Balaban J connectivity index is 1.63. The van der Waals surface area contributed by atoms with E-state index in [1.807, 2.05) is 5.38 Å². The fourth-order valence-electron chi connectivity index (χ4n) is 2.45. The molecule has 1 fully saturated rings. The quantitative estimate of drug-likeness (QED) is 0.555. The molecule has 0 atom stereocenters. The highest BCUT2D eigenvalue weighted by Crippen LogP contribution is 2.46. The van der Waals surface area contributed by atoms with Gasteiger partial charge in [-0.1, -0.05) is 11.6 Å². The topological polar surface area (TPSA) is 94.6 Å². The van der Waals surface area contributed by atoms with Crippen LogP contribution in [0.5, 0.6) is 0 Å². The van der Waals surface area contributed by atoms with Gasteiger partial charge in [0, 0.05) is 6.20 Å². The normalized spacial score (nSPS) is 13.1. The Morgan fingerprint density at radius 2 is 2.04 bits per heavy atom. The molecule has 0 unspecified atom stereocenters. The van der Waals surface area contributed by atoms with Crippen LogP contribution in [0.3, 0.4) is 0 Å². The van der Waals surface area contributed by atoms with E-state index in [2.05, 4.69) is 10.3 Å². The van der Waals surface area contributed by atoms with Gasteiger partial charge in [-0.3, -0.25) is 4.79 Å². The second kappa shape index (κ2) is 8.49. The number of carbonyl (C=O) groups excluding carboxylic acids is 3. The summed E-state index contributed by atoms with van der Waals surface area (Å²) in [5.74, 6) is -1.36. The third-order valence-electron chi connectivity index (χ3n) is 3.87. The Morgan fingerprint density at radius 3 is 2.67 bits per heavy atom. The maximum absolute atomic E-state index is 12.3. The standard InChI is InChI=1S/C18H17ClN2O5S/c1-2-25-18(24)15-12(10-3-4-10)9-27-16(15)21-14(22)8-26-17(23)11-5-6-13(19)20-7-11/h5-7,9-10H,2-4,8H2,1H3,(H,21,22). The Labute approximate surface area is 164 Å². The first kappa shape index (κ1) is 19.3. The molecule has 1 N–H and O–H groups in total. The number of amides is 1.